The largest absolute Gasteiger partial charge is 0.338 e. The first-order chi connectivity index (χ1) is 10.5. The summed E-state index contributed by atoms with van der Waals surface area (Å²) in [5, 5.41) is 5.93. The van der Waals surface area contributed by atoms with Gasteiger partial charge in [-0.15, -0.1) is 0 Å². The van der Waals surface area contributed by atoms with Crippen LogP contribution in [-0.2, 0) is 6.42 Å². The van der Waals surface area contributed by atoms with Crippen LogP contribution in [-0.4, -0.2) is 12.6 Å². The second kappa shape index (κ2) is 7.42. The lowest BCUT2D eigenvalue weighted by Crippen LogP contribution is -2.30. The van der Waals surface area contributed by atoms with Gasteiger partial charge in [0.25, 0.3) is 0 Å². The standard InChI is InChI=1S/C15H12Cl2F2N2O/c16-11-3-1-9(7-12(11)17)5-6-20-15(22)21-10-2-4-13(18)14(19)8-10/h1-4,7-8H,5-6H2,(H2,20,21,22). The lowest BCUT2D eigenvalue weighted by atomic mass is 10.1. The maximum absolute atomic E-state index is 13.0. The number of amides is 2. The van der Waals surface area contributed by atoms with Crippen molar-refractivity contribution in [3.05, 3.63) is 63.6 Å². The lowest BCUT2D eigenvalue weighted by Gasteiger charge is -2.08. The van der Waals surface area contributed by atoms with Crippen molar-refractivity contribution in [3.63, 3.8) is 0 Å². The Hall–Kier alpha value is -1.85. The van der Waals surface area contributed by atoms with E-state index < -0.39 is 17.7 Å². The first-order valence-corrected chi connectivity index (χ1v) is 7.15. The van der Waals surface area contributed by atoms with Gasteiger partial charge in [0.15, 0.2) is 11.6 Å². The van der Waals surface area contributed by atoms with Gasteiger partial charge in [-0.3, -0.25) is 0 Å². The molecule has 7 heteroatoms. The van der Waals surface area contributed by atoms with Crippen LogP contribution in [0.25, 0.3) is 0 Å². The molecule has 2 aromatic carbocycles. The zero-order valence-electron chi connectivity index (χ0n) is 11.3. The number of nitrogens with one attached hydrogen (secondary N) is 2. The van der Waals surface area contributed by atoms with Crippen LogP contribution in [0.15, 0.2) is 36.4 Å². The monoisotopic (exact) mass is 344 g/mol. The molecule has 0 bridgehead atoms. The number of anilines is 1. The van der Waals surface area contributed by atoms with Crippen LogP contribution < -0.4 is 10.6 Å². The van der Waals surface area contributed by atoms with Crippen molar-refractivity contribution < 1.29 is 13.6 Å². The van der Waals surface area contributed by atoms with Crippen LogP contribution in [0.2, 0.25) is 10.0 Å². The first kappa shape index (κ1) is 16.5. The molecule has 2 N–H and O–H groups in total. The van der Waals surface area contributed by atoms with Crippen molar-refractivity contribution in [2.24, 2.45) is 0 Å². The molecular formula is C15H12Cl2F2N2O. The SMILES string of the molecule is O=C(NCCc1ccc(Cl)c(Cl)c1)Nc1ccc(F)c(F)c1. The molecule has 0 aromatic heterocycles. The fourth-order valence-electron chi connectivity index (χ4n) is 1.76. The summed E-state index contributed by atoms with van der Waals surface area (Å²) in [5.41, 5.74) is 1.09. The molecule has 0 unspecified atom stereocenters. The fraction of sp³-hybridized carbons (Fsp3) is 0.133. The third-order valence-corrected chi connectivity index (χ3v) is 3.60. The summed E-state index contributed by atoms with van der Waals surface area (Å²) in [4.78, 5) is 11.6. The second-order valence-electron chi connectivity index (χ2n) is 4.51. The zero-order chi connectivity index (χ0) is 16.1. The maximum Gasteiger partial charge on any atom is 0.319 e. The van der Waals surface area contributed by atoms with E-state index in [4.69, 9.17) is 23.2 Å². The molecule has 116 valence electrons. The molecule has 0 spiro atoms. The van der Waals surface area contributed by atoms with Crippen LogP contribution in [0, 0.1) is 11.6 Å². The van der Waals surface area contributed by atoms with Gasteiger partial charge in [0, 0.05) is 18.3 Å². The topological polar surface area (TPSA) is 41.1 Å². The Morgan fingerprint density at radius 2 is 1.77 bits per heavy atom. The Morgan fingerprint density at radius 1 is 1.00 bits per heavy atom. The maximum atomic E-state index is 13.0. The molecule has 0 aliphatic rings. The third kappa shape index (κ3) is 4.58. The van der Waals surface area contributed by atoms with Crippen molar-refractivity contribution >= 4 is 34.9 Å². The molecule has 0 saturated heterocycles. The summed E-state index contributed by atoms with van der Waals surface area (Å²) < 4.78 is 25.8. The van der Waals surface area contributed by atoms with Gasteiger partial charge < -0.3 is 10.6 Å². The van der Waals surface area contributed by atoms with Crippen LogP contribution in [0.1, 0.15) is 5.56 Å². The molecule has 0 radical (unpaired) electrons. The van der Waals surface area contributed by atoms with E-state index in [2.05, 4.69) is 10.6 Å². The van der Waals surface area contributed by atoms with E-state index in [9.17, 15) is 13.6 Å². The highest BCUT2D eigenvalue weighted by Crippen LogP contribution is 2.22. The number of carbonyl (C=O) groups is 1. The van der Waals surface area contributed by atoms with Gasteiger partial charge in [0.2, 0.25) is 0 Å². The number of hydrogen-bond donors (Lipinski definition) is 2. The van der Waals surface area contributed by atoms with Crippen molar-refractivity contribution in [1.82, 2.24) is 5.32 Å². The molecular weight excluding hydrogens is 333 g/mol. The summed E-state index contributed by atoms with van der Waals surface area (Å²) in [6.45, 7) is 0.355. The highest BCUT2D eigenvalue weighted by molar-refractivity contribution is 6.42. The molecule has 0 fully saturated rings. The van der Waals surface area contributed by atoms with Gasteiger partial charge in [0.1, 0.15) is 0 Å². The van der Waals surface area contributed by atoms with Gasteiger partial charge in [-0.05, 0) is 36.2 Å². The normalized spacial score (nSPS) is 10.4. The quantitative estimate of drug-likeness (QED) is 0.833. The number of hydrogen-bond acceptors (Lipinski definition) is 1. The molecule has 0 aliphatic carbocycles. The van der Waals surface area contributed by atoms with Gasteiger partial charge in [-0.25, -0.2) is 13.6 Å². The van der Waals surface area contributed by atoms with Crippen LogP contribution in [0.3, 0.4) is 0 Å². The second-order valence-corrected chi connectivity index (χ2v) is 5.32. The number of rotatable bonds is 4. The van der Waals surface area contributed by atoms with Crippen molar-refractivity contribution in [1.29, 1.82) is 0 Å². The average Bonchev–Trinajstić information content (AvgIpc) is 2.47. The van der Waals surface area contributed by atoms with Gasteiger partial charge in [0.05, 0.1) is 10.0 Å². The summed E-state index contributed by atoms with van der Waals surface area (Å²) in [5.74, 6) is -1.99. The Kier molecular flexibility index (Phi) is 5.57. The highest BCUT2D eigenvalue weighted by Gasteiger charge is 2.06. The molecule has 0 atom stereocenters. The van der Waals surface area contributed by atoms with E-state index in [1.807, 2.05) is 6.07 Å². The minimum atomic E-state index is -1.02. The Morgan fingerprint density at radius 3 is 2.45 bits per heavy atom. The van der Waals surface area contributed by atoms with Crippen molar-refractivity contribution in [2.75, 3.05) is 11.9 Å². The molecule has 0 saturated carbocycles. The zero-order valence-corrected chi connectivity index (χ0v) is 12.8. The number of benzene rings is 2. The summed E-state index contributed by atoms with van der Waals surface area (Å²) in [6.07, 6.45) is 0.558. The Bertz CT molecular complexity index is 695. The average molecular weight is 345 g/mol. The molecule has 0 heterocycles. The van der Waals surface area contributed by atoms with Crippen LogP contribution in [0.5, 0.6) is 0 Å². The van der Waals surface area contributed by atoms with Crippen LogP contribution >= 0.6 is 23.2 Å². The minimum Gasteiger partial charge on any atom is -0.338 e. The van der Waals surface area contributed by atoms with E-state index in [0.717, 1.165) is 17.7 Å². The smallest absolute Gasteiger partial charge is 0.319 e. The molecule has 0 aliphatic heterocycles. The molecule has 22 heavy (non-hydrogen) atoms. The number of urea groups is 1. The van der Waals surface area contributed by atoms with E-state index in [-0.39, 0.29) is 5.69 Å². The Balaban J connectivity index is 1.82. The molecule has 2 aromatic rings. The van der Waals surface area contributed by atoms with E-state index in [1.165, 1.54) is 6.07 Å². The predicted molar refractivity (Wildman–Crippen MR) is 83.5 cm³/mol. The fourth-order valence-corrected chi connectivity index (χ4v) is 2.09. The van der Waals surface area contributed by atoms with Gasteiger partial charge >= 0.3 is 6.03 Å². The third-order valence-electron chi connectivity index (χ3n) is 2.86. The molecule has 2 amide bonds. The summed E-state index contributed by atoms with van der Waals surface area (Å²) in [7, 11) is 0. The van der Waals surface area contributed by atoms with E-state index >= 15 is 0 Å². The highest BCUT2D eigenvalue weighted by atomic mass is 35.5. The molecule has 2 rings (SSSR count). The number of halogens is 4. The van der Waals surface area contributed by atoms with E-state index in [0.29, 0.717) is 23.0 Å². The lowest BCUT2D eigenvalue weighted by molar-refractivity contribution is 0.252. The van der Waals surface area contributed by atoms with E-state index in [1.54, 1.807) is 12.1 Å². The first-order valence-electron chi connectivity index (χ1n) is 6.39. The van der Waals surface area contributed by atoms with Crippen LogP contribution in [0.4, 0.5) is 19.3 Å². The van der Waals surface area contributed by atoms with Crippen molar-refractivity contribution in [2.45, 2.75) is 6.42 Å². The number of carbonyl (C=O) groups excluding carboxylic acids is 1. The predicted octanol–water partition coefficient (Wildman–Crippen LogP) is 4.64. The Labute approximate surface area is 136 Å². The van der Waals surface area contributed by atoms with Gasteiger partial charge in [-0.1, -0.05) is 29.3 Å². The minimum absolute atomic E-state index is 0.172. The van der Waals surface area contributed by atoms with Crippen molar-refractivity contribution in [3.8, 4) is 0 Å². The summed E-state index contributed by atoms with van der Waals surface area (Å²) >= 11 is 11.7. The summed E-state index contributed by atoms with van der Waals surface area (Å²) in [6, 6.07) is 7.83. The molecule has 3 nitrogen and oxygen atoms in total. The van der Waals surface area contributed by atoms with Gasteiger partial charge in [-0.2, -0.15) is 0 Å².